The molecule has 0 spiro atoms. The number of rotatable bonds is 6. The summed E-state index contributed by atoms with van der Waals surface area (Å²) in [6.07, 6.45) is 0. The molecule has 2 heterocycles. The largest absolute Gasteiger partial charge is 0.308 e. The van der Waals surface area contributed by atoms with E-state index in [1.807, 2.05) is 48.5 Å². The first-order valence-corrected chi connectivity index (χ1v) is 18.3. The Morgan fingerprint density at radius 3 is 1.73 bits per heavy atom. The van der Waals surface area contributed by atoms with Crippen LogP contribution in [-0.4, -0.2) is 0 Å². The van der Waals surface area contributed by atoms with Crippen LogP contribution in [0.2, 0.25) is 0 Å². The van der Waals surface area contributed by atoms with Crippen LogP contribution < -0.4 is 4.90 Å². The summed E-state index contributed by atoms with van der Waals surface area (Å²) in [5.41, 5.74) is 8.32. The highest BCUT2D eigenvalue weighted by molar-refractivity contribution is 7.26. The molecular weight excluding hydrogens is 655 g/mol. The summed E-state index contributed by atoms with van der Waals surface area (Å²) < 4.78 is 63.9. The Bertz CT molecular complexity index is 3230. The van der Waals surface area contributed by atoms with Crippen molar-refractivity contribution in [1.82, 2.24) is 0 Å². The molecule has 8 aromatic carbocycles. The van der Waals surface area contributed by atoms with E-state index in [2.05, 4.69) is 102 Å². The highest BCUT2D eigenvalue weighted by atomic mass is 32.1. The Labute approximate surface area is 314 Å². The summed E-state index contributed by atoms with van der Waals surface area (Å²) in [4.78, 5) is 2.29. The number of anilines is 3. The van der Waals surface area contributed by atoms with E-state index in [1.165, 1.54) is 10.1 Å². The molecule has 1 nitrogen and oxygen atoms in total. The molecule has 0 N–H and O–H groups in total. The summed E-state index contributed by atoms with van der Waals surface area (Å²) in [7, 11) is 0. The number of benzene rings is 8. The number of hydrogen-bond donors (Lipinski definition) is 0. The van der Waals surface area contributed by atoms with Crippen LogP contribution in [0.1, 0.15) is 9.60 Å². The Morgan fingerprint density at radius 2 is 0.961 bits per heavy atom. The first kappa shape index (κ1) is 23.4. The van der Waals surface area contributed by atoms with Crippen molar-refractivity contribution in [2.75, 3.05) is 4.90 Å². The summed E-state index contributed by atoms with van der Waals surface area (Å²) in [6.45, 7) is 0. The molecule has 10 aromatic rings. The first-order chi connectivity index (χ1) is 28.2. The maximum Gasteiger partial charge on any atom is 0.0718 e. The molecule has 2 aromatic heterocycles. The fourth-order valence-corrected chi connectivity index (χ4v) is 9.32. The molecule has 0 aliphatic heterocycles. The minimum atomic E-state index is -0.385. The molecule has 0 saturated carbocycles. The van der Waals surface area contributed by atoms with Gasteiger partial charge < -0.3 is 4.90 Å². The number of hydrogen-bond acceptors (Lipinski definition) is 3. The number of fused-ring (bicyclic) bond motifs is 6. The van der Waals surface area contributed by atoms with Gasteiger partial charge in [0.1, 0.15) is 0 Å². The standard InChI is InChI=1S/C48H31NS2/c1-3-12-32(13-4-1)33-22-26-36(27-23-33)49(37-28-24-35(25-29-37)39-18-11-19-42-40-16-7-9-20-44(40)50-47(39)42)46-38(34-14-5-2-6-15-34)30-31-43-41-17-8-10-21-45(41)51-48(43)46/h1-31H/i7D,9D,11D,16D,18D,19D,20D. The van der Waals surface area contributed by atoms with Crippen molar-refractivity contribution in [2.45, 2.75) is 0 Å². The molecule has 0 atom stereocenters. The van der Waals surface area contributed by atoms with Gasteiger partial charge in [0.25, 0.3) is 0 Å². The van der Waals surface area contributed by atoms with E-state index in [0.29, 0.717) is 20.5 Å². The molecule has 240 valence electrons. The van der Waals surface area contributed by atoms with Crippen molar-refractivity contribution in [1.29, 1.82) is 0 Å². The van der Waals surface area contributed by atoms with Gasteiger partial charge in [-0.05, 0) is 64.2 Å². The topological polar surface area (TPSA) is 3.24 Å². The van der Waals surface area contributed by atoms with E-state index in [1.54, 1.807) is 11.3 Å². The van der Waals surface area contributed by atoms with Gasteiger partial charge >= 0.3 is 0 Å². The quantitative estimate of drug-likeness (QED) is 0.168. The lowest BCUT2D eigenvalue weighted by Crippen LogP contribution is -2.11. The molecule has 51 heavy (non-hydrogen) atoms. The minimum absolute atomic E-state index is 0.123. The molecule has 0 unspecified atom stereocenters. The van der Waals surface area contributed by atoms with Crippen molar-refractivity contribution in [2.24, 2.45) is 0 Å². The SMILES string of the molecule is [2H]c1c([2H])c([2H])c2c(sc3c(-c4ccc(N(c5ccc(-c6ccccc6)cc5)c5c(-c6ccccc6)ccc6c5sc5ccccc56)cc4)c([2H])c([2H])c([2H])c32)c1[2H]. The highest BCUT2D eigenvalue weighted by Gasteiger charge is 2.23. The lowest BCUT2D eigenvalue weighted by molar-refractivity contribution is 1.30. The molecule has 0 fully saturated rings. The van der Waals surface area contributed by atoms with Crippen molar-refractivity contribution >= 4 is 80.1 Å². The zero-order chi connectivity index (χ0) is 39.8. The Morgan fingerprint density at radius 1 is 0.373 bits per heavy atom. The Hall–Kier alpha value is -6.00. The second-order valence-electron chi connectivity index (χ2n) is 12.4. The van der Waals surface area contributed by atoms with Crippen molar-refractivity contribution in [3.05, 3.63) is 188 Å². The van der Waals surface area contributed by atoms with Gasteiger partial charge in [0, 0.05) is 52.6 Å². The van der Waals surface area contributed by atoms with Gasteiger partial charge in [-0.2, -0.15) is 0 Å². The van der Waals surface area contributed by atoms with Gasteiger partial charge in [-0.15, -0.1) is 22.7 Å². The van der Waals surface area contributed by atoms with Crippen molar-refractivity contribution < 1.29 is 9.60 Å². The summed E-state index contributed by atoms with van der Waals surface area (Å²) in [6, 6.07) is 48.3. The smallest absolute Gasteiger partial charge is 0.0718 e. The number of thiophene rings is 2. The summed E-state index contributed by atoms with van der Waals surface area (Å²) in [5, 5.41) is 2.85. The predicted molar refractivity (Wildman–Crippen MR) is 223 cm³/mol. The van der Waals surface area contributed by atoms with Crippen LogP contribution in [0.25, 0.3) is 73.7 Å². The third-order valence-corrected chi connectivity index (χ3v) is 11.7. The fraction of sp³-hybridized carbons (Fsp3) is 0. The van der Waals surface area contributed by atoms with Crippen LogP contribution in [0.15, 0.2) is 188 Å². The third kappa shape index (κ3) is 5.13. The van der Waals surface area contributed by atoms with Crippen LogP contribution in [0.4, 0.5) is 17.1 Å². The second kappa shape index (κ2) is 12.4. The highest BCUT2D eigenvalue weighted by Crippen LogP contribution is 2.50. The van der Waals surface area contributed by atoms with Gasteiger partial charge in [-0.25, -0.2) is 0 Å². The van der Waals surface area contributed by atoms with Crippen LogP contribution >= 0.6 is 22.7 Å². The van der Waals surface area contributed by atoms with Crippen LogP contribution in [0, 0.1) is 0 Å². The average molecular weight is 693 g/mol. The zero-order valence-electron chi connectivity index (χ0n) is 34.1. The molecule has 0 amide bonds. The minimum Gasteiger partial charge on any atom is -0.308 e. The Kier molecular flexibility index (Phi) is 5.69. The molecular formula is C48H31NS2. The predicted octanol–water partition coefficient (Wildman–Crippen LogP) is 14.9. The van der Waals surface area contributed by atoms with E-state index >= 15 is 0 Å². The maximum absolute atomic E-state index is 9.11. The van der Waals surface area contributed by atoms with Crippen LogP contribution in [-0.2, 0) is 0 Å². The molecule has 0 saturated heterocycles. The van der Waals surface area contributed by atoms with Gasteiger partial charge in [0.2, 0.25) is 0 Å². The van der Waals surface area contributed by atoms with Gasteiger partial charge in [-0.1, -0.05) is 152 Å². The van der Waals surface area contributed by atoms with Crippen LogP contribution in [0.5, 0.6) is 0 Å². The van der Waals surface area contributed by atoms with E-state index < -0.39 is 0 Å². The lowest BCUT2D eigenvalue weighted by atomic mass is 9.98. The summed E-state index contributed by atoms with van der Waals surface area (Å²) in [5.74, 6) is 0. The normalized spacial score (nSPS) is 13.5. The van der Waals surface area contributed by atoms with Crippen molar-refractivity contribution in [3.63, 3.8) is 0 Å². The third-order valence-electron chi connectivity index (χ3n) is 9.41. The first-order valence-electron chi connectivity index (χ1n) is 20.2. The van der Waals surface area contributed by atoms with Gasteiger partial charge in [-0.3, -0.25) is 0 Å². The Balaban J connectivity index is 1.22. The van der Waals surface area contributed by atoms with E-state index in [9.17, 15) is 0 Å². The fourth-order valence-electron chi connectivity index (χ4n) is 7.00. The van der Waals surface area contributed by atoms with Gasteiger partial charge in [0.05, 0.1) is 20.0 Å². The molecule has 0 radical (unpaired) electrons. The van der Waals surface area contributed by atoms with Gasteiger partial charge in [0.15, 0.2) is 0 Å². The number of nitrogens with zero attached hydrogens (tertiary/aromatic N) is 1. The molecule has 0 aliphatic rings. The molecule has 10 rings (SSSR count). The summed E-state index contributed by atoms with van der Waals surface area (Å²) >= 11 is 2.91. The average Bonchev–Trinajstić information content (AvgIpc) is 3.86. The maximum atomic E-state index is 9.11. The monoisotopic (exact) mass is 692 g/mol. The lowest BCUT2D eigenvalue weighted by Gasteiger charge is -2.29. The molecule has 0 aliphatic carbocycles. The molecule has 0 bridgehead atoms. The molecule has 3 heteroatoms. The second-order valence-corrected chi connectivity index (χ2v) is 14.4. The van der Waals surface area contributed by atoms with E-state index in [0.717, 1.165) is 60.7 Å². The van der Waals surface area contributed by atoms with E-state index in [4.69, 9.17) is 9.60 Å². The van der Waals surface area contributed by atoms with Crippen molar-refractivity contribution in [3.8, 4) is 33.4 Å². The van der Waals surface area contributed by atoms with E-state index in [-0.39, 0.29) is 53.1 Å². The zero-order valence-corrected chi connectivity index (χ0v) is 28.8. The van der Waals surface area contributed by atoms with Crippen LogP contribution in [0.3, 0.4) is 0 Å².